The summed E-state index contributed by atoms with van der Waals surface area (Å²) in [6.07, 6.45) is 4.13. The van der Waals surface area contributed by atoms with E-state index in [-0.39, 0.29) is 0 Å². The molecule has 0 amide bonds. The van der Waals surface area contributed by atoms with Crippen LogP contribution in [0.1, 0.15) is 25.7 Å². The Kier molecular flexibility index (Phi) is 5.40. The summed E-state index contributed by atoms with van der Waals surface area (Å²) in [7, 11) is 1.60. The van der Waals surface area contributed by atoms with Gasteiger partial charge in [-0.05, 0) is 19.3 Å². The van der Waals surface area contributed by atoms with Gasteiger partial charge in [0.05, 0.1) is 12.7 Å². The van der Waals surface area contributed by atoms with Gasteiger partial charge in [0, 0.05) is 25.7 Å². The summed E-state index contributed by atoms with van der Waals surface area (Å²) in [5, 5.41) is 12.8. The Morgan fingerprint density at radius 1 is 1.57 bits per heavy atom. The van der Waals surface area contributed by atoms with Crippen molar-refractivity contribution in [1.82, 2.24) is 5.32 Å². The van der Waals surface area contributed by atoms with Crippen molar-refractivity contribution >= 4 is 0 Å². The SMILES string of the molecule is COCC(O)CNC1CCCC(N)C1. The largest absolute Gasteiger partial charge is 0.389 e. The van der Waals surface area contributed by atoms with Gasteiger partial charge in [0.1, 0.15) is 0 Å². The van der Waals surface area contributed by atoms with Crippen molar-refractivity contribution in [3.63, 3.8) is 0 Å². The number of aliphatic hydroxyl groups is 1. The molecule has 0 radical (unpaired) electrons. The molecule has 0 aromatic heterocycles. The van der Waals surface area contributed by atoms with Crippen molar-refractivity contribution < 1.29 is 9.84 Å². The standard InChI is InChI=1S/C10H22N2O2/c1-14-7-10(13)6-12-9-4-2-3-8(11)5-9/h8-10,12-13H,2-7,11H2,1H3. The monoisotopic (exact) mass is 202 g/mol. The third-order valence-electron chi connectivity index (χ3n) is 2.72. The maximum absolute atomic E-state index is 9.43. The Hall–Kier alpha value is -0.160. The molecule has 0 heterocycles. The summed E-state index contributed by atoms with van der Waals surface area (Å²) >= 11 is 0. The van der Waals surface area contributed by atoms with Crippen LogP contribution < -0.4 is 11.1 Å². The van der Waals surface area contributed by atoms with E-state index in [9.17, 15) is 5.11 Å². The van der Waals surface area contributed by atoms with Crippen molar-refractivity contribution in [3.8, 4) is 0 Å². The van der Waals surface area contributed by atoms with Gasteiger partial charge in [0.25, 0.3) is 0 Å². The molecule has 4 N–H and O–H groups in total. The number of nitrogens with one attached hydrogen (secondary N) is 1. The Morgan fingerprint density at radius 2 is 2.36 bits per heavy atom. The van der Waals surface area contributed by atoms with Gasteiger partial charge in [-0.3, -0.25) is 0 Å². The Bertz CT molecular complexity index is 155. The molecule has 1 aliphatic carbocycles. The van der Waals surface area contributed by atoms with Gasteiger partial charge in [0.15, 0.2) is 0 Å². The van der Waals surface area contributed by atoms with Crippen LogP contribution in [-0.4, -0.2) is 43.6 Å². The maximum atomic E-state index is 9.43. The quantitative estimate of drug-likeness (QED) is 0.580. The van der Waals surface area contributed by atoms with Crippen molar-refractivity contribution in [1.29, 1.82) is 0 Å². The summed E-state index contributed by atoms with van der Waals surface area (Å²) in [6.45, 7) is 0.997. The highest BCUT2D eigenvalue weighted by Crippen LogP contribution is 2.16. The smallest absolute Gasteiger partial charge is 0.0897 e. The van der Waals surface area contributed by atoms with E-state index in [1.165, 1.54) is 12.8 Å². The number of ether oxygens (including phenoxy) is 1. The number of aliphatic hydroxyl groups excluding tert-OH is 1. The number of methoxy groups -OCH3 is 1. The fourth-order valence-electron chi connectivity index (χ4n) is 1.97. The molecule has 0 bridgehead atoms. The van der Waals surface area contributed by atoms with E-state index in [0.29, 0.717) is 25.2 Å². The zero-order chi connectivity index (χ0) is 10.4. The third kappa shape index (κ3) is 4.37. The van der Waals surface area contributed by atoms with Crippen molar-refractivity contribution in [3.05, 3.63) is 0 Å². The molecule has 84 valence electrons. The van der Waals surface area contributed by atoms with Crippen LogP contribution in [0, 0.1) is 0 Å². The highest BCUT2D eigenvalue weighted by atomic mass is 16.5. The number of hydrogen-bond acceptors (Lipinski definition) is 4. The van der Waals surface area contributed by atoms with Gasteiger partial charge >= 0.3 is 0 Å². The van der Waals surface area contributed by atoms with Gasteiger partial charge in [-0.2, -0.15) is 0 Å². The number of rotatable bonds is 5. The van der Waals surface area contributed by atoms with Crippen LogP contribution in [0.3, 0.4) is 0 Å². The first kappa shape index (κ1) is 11.9. The molecule has 0 spiro atoms. The lowest BCUT2D eigenvalue weighted by Gasteiger charge is -2.28. The molecule has 1 aliphatic rings. The fraction of sp³-hybridized carbons (Fsp3) is 1.00. The van der Waals surface area contributed by atoms with Crippen molar-refractivity contribution in [2.75, 3.05) is 20.3 Å². The fourth-order valence-corrected chi connectivity index (χ4v) is 1.97. The zero-order valence-corrected chi connectivity index (χ0v) is 8.91. The van der Waals surface area contributed by atoms with Crippen LogP contribution in [0.25, 0.3) is 0 Å². The van der Waals surface area contributed by atoms with Crippen LogP contribution >= 0.6 is 0 Å². The van der Waals surface area contributed by atoms with Gasteiger partial charge in [-0.15, -0.1) is 0 Å². The van der Waals surface area contributed by atoms with Crippen LogP contribution in [0.5, 0.6) is 0 Å². The second-order valence-electron chi connectivity index (χ2n) is 4.14. The van der Waals surface area contributed by atoms with Crippen LogP contribution in [0.15, 0.2) is 0 Å². The summed E-state index contributed by atoms with van der Waals surface area (Å²) in [6, 6.07) is 0.811. The summed E-state index contributed by atoms with van der Waals surface area (Å²) in [5.41, 5.74) is 5.86. The zero-order valence-electron chi connectivity index (χ0n) is 8.91. The number of nitrogens with two attached hydrogens (primary N) is 1. The van der Waals surface area contributed by atoms with E-state index in [2.05, 4.69) is 5.32 Å². The molecular weight excluding hydrogens is 180 g/mol. The lowest BCUT2D eigenvalue weighted by atomic mass is 9.91. The van der Waals surface area contributed by atoms with E-state index in [0.717, 1.165) is 12.8 Å². The van der Waals surface area contributed by atoms with Gasteiger partial charge in [0.2, 0.25) is 0 Å². The predicted molar refractivity (Wildman–Crippen MR) is 56.1 cm³/mol. The second-order valence-corrected chi connectivity index (χ2v) is 4.14. The molecule has 3 unspecified atom stereocenters. The minimum absolute atomic E-state index is 0.334. The molecule has 4 heteroatoms. The summed E-state index contributed by atoms with van der Waals surface area (Å²) < 4.78 is 4.85. The van der Waals surface area contributed by atoms with Gasteiger partial charge in [-0.25, -0.2) is 0 Å². The molecule has 0 aliphatic heterocycles. The second kappa shape index (κ2) is 6.35. The average molecular weight is 202 g/mol. The van der Waals surface area contributed by atoms with Gasteiger partial charge < -0.3 is 20.9 Å². The van der Waals surface area contributed by atoms with Gasteiger partial charge in [-0.1, -0.05) is 6.42 Å². The Morgan fingerprint density at radius 3 is 3.00 bits per heavy atom. The molecule has 0 aromatic carbocycles. The van der Waals surface area contributed by atoms with Crippen LogP contribution in [0.4, 0.5) is 0 Å². The molecular formula is C10H22N2O2. The maximum Gasteiger partial charge on any atom is 0.0897 e. The van der Waals surface area contributed by atoms with E-state index >= 15 is 0 Å². The van der Waals surface area contributed by atoms with Crippen molar-refractivity contribution in [2.24, 2.45) is 5.73 Å². The Labute approximate surface area is 85.8 Å². The summed E-state index contributed by atoms with van der Waals surface area (Å²) in [5.74, 6) is 0. The predicted octanol–water partition coefficient (Wildman–Crippen LogP) is -0.147. The first-order chi connectivity index (χ1) is 6.72. The third-order valence-corrected chi connectivity index (χ3v) is 2.72. The lowest BCUT2D eigenvalue weighted by Crippen LogP contribution is -2.43. The molecule has 0 aromatic rings. The first-order valence-corrected chi connectivity index (χ1v) is 5.38. The van der Waals surface area contributed by atoms with Crippen molar-refractivity contribution in [2.45, 2.75) is 43.9 Å². The molecule has 1 rings (SSSR count). The lowest BCUT2D eigenvalue weighted by molar-refractivity contribution is 0.0615. The van der Waals surface area contributed by atoms with Crippen LogP contribution in [0.2, 0.25) is 0 Å². The highest BCUT2D eigenvalue weighted by molar-refractivity contribution is 4.80. The molecule has 3 atom stereocenters. The Balaban J connectivity index is 2.10. The van der Waals surface area contributed by atoms with E-state index in [1.54, 1.807) is 7.11 Å². The molecule has 1 saturated carbocycles. The molecule has 1 fully saturated rings. The van der Waals surface area contributed by atoms with E-state index < -0.39 is 6.10 Å². The van der Waals surface area contributed by atoms with E-state index in [4.69, 9.17) is 10.5 Å². The molecule has 0 saturated heterocycles. The minimum Gasteiger partial charge on any atom is -0.389 e. The minimum atomic E-state index is -0.404. The normalized spacial score (nSPS) is 30.2. The highest BCUT2D eigenvalue weighted by Gasteiger charge is 2.19. The number of hydrogen-bond donors (Lipinski definition) is 3. The average Bonchev–Trinajstić information content (AvgIpc) is 2.15. The molecule has 4 nitrogen and oxygen atoms in total. The van der Waals surface area contributed by atoms with E-state index in [1.807, 2.05) is 0 Å². The topological polar surface area (TPSA) is 67.5 Å². The first-order valence-electron chi connectivity index (χ1n) is 5.38. The molecule has 14 heavy (non-hydrogen) atoms. The summed E-state index contributed by atoms with van der Waals surface area (Å²) in [4.78, 5) is 0. The van der Waals surface area contributed by atoms with Crippen LogP contribution in [-0.2, 0) is 4.74 Å².